The molecule has 0 aliphatic rings. The average Bonchev–Trinajstić information content (AvgIpc) is 2.16. The lowest BCUT2D eigenvalue weighted by molar-refractivity contribution is -0.115. The van der Waals surface area contributed by atoms with Gasteiger partial charge in [-0.05, 0) is 27.2 Å². The largest absolute Gasteiger partial charge is 0.476 e. The lowest BCUT2D eigenvalue weighted by Crippen LogP contribution is -2.17. The summed E-state index contributed by atoms with van der Waals surface area (Å²) in [7, 11) is -4.13. The lowest BCUT2D eigenvalue weighted by atomic mass is 10.4. The molecule has 0 aromatic heterocycles. The quantitative estimate of drug-likeness (QED) is 0.374. The van der Waals surface area contributed by atoms with Crippen LogP contribution in [0.15, 0.2) is 0 Å². The second-order valence-electron chi connectivity index (χ2n) is 3.49. The predicted octanol–water partition coefficient (Wildman–Crippen LogP) is 2.67. The maximum atomic E-state index is 11.5. The Balaban J connectivity index is 3.93. The first kappa shape index (κ1) is 17.0. The van der Waals surface area contributed by atoms with Gasteiger partial charge in [0, 0.05) is 13.2 Å². The number of phosphoric acid groups is 1. The Morgan fingerprint density at radius 2 is 1.65 bits per heavy atom. The molecule has 104 valence electrons. The smallest absolute Gasteiger partial charge is 0.353 e. The van der Waals surface area contributed by atoms with E-state index in [2.05, 4.69) is 0 Å². The zero-order valence-electron chi connectivity index (χ0n) is 10.9. The molecule has 6 nitrogen and oxygen atoms in total. The number of rotatable bonds is 10. The second-order valence-corrected chi connectivity index (χ2v) is 4.85. The zero-order valence-corrected chi connectivity index (χ0v) is 11.8. The third-order valence-electron chi connectivity index (χ3n) is 1.82. The minimum Gasteiger partial charge on any atom is -0.353 e. The Morgan fingerprint density at radius 1 is 1.12 bits per heavy atom. The molecule has 0 bridgehead atoms. The normalized spacial score (nSPS) is 18.6. The molecular formula is C10H23O6P. The Morgan fingerprint density at radius 3 is 2.12 bits per heavy atom. The number of hydrogen-bond donors (Lipinski definition) is 1. The fraction of sp³-hybridized carbons (Fsp3) is 1.00. The summed E-state index contributed by atoms with van der Waals surface area (Å²) >= 11 is 0. The van der Waals surface area contributed by atoms with E-state index in [1.807, 2.05) is 6.92 Å². The topological polar surface area (TPSA) is 74.2 Å². The van der Waals surface area contributed by atoms with Crippen LogP contribution >= 0.6 is 7.82 Å². The van der Waals surface area contributed by atoms with Crippen molar-refractivity contribution in [3.63, 3.8) is 0 Å². The van der Waals surface area contributed by atoms with Crippen LogP contribution in [-0.2, 0) is 23.1 Å². The molecule has 0 aromatic rings. The molecule has 0 aliphatic carbocycles. The minimum absolute atomic E-state index is 0.393. The molecule has 0 saturated carbocycles. The van der Waals surface area contributed by atoms with Crippen LogP contribution in [0.2, 0.25) is 0 Å². The fourth-order valence-corrected chi connectivity index (χ4v) is 2.01. The van der Waals surface area contributed by atoms with Gasteiger partial charge in [-0.15, -0.1) is 0 Å². The molecule has 0 amide bonds. The average molecular weight is 270 g/mol. The summed E-state index contributed by atoms with van der Waals surface area (Å²) in [5.74, 6) is 0. The lowest BCUT2D eigenvalue weighted by Gasteiger charge is -2.20. The van der Waals surface area contributed by atoms with Gasteiger partial charge in [0.1, 0.15) is 0 Å². The van der Waals surface area contributed by atoms with Gasteiger partial charge in [-0.2, -0.15) is 0 Å². The molecule has 0 rings (SSSR count). The van der Waals surface area contributed by atoms with Crippen LogP contribution in [0.1, 0.15) is 40.5 Å². The van der Waals surface area contributed by atoms with Crippen LogP contribution in [-0.4, -0.2) is 30.7 Å². The third kappa shape index (κ3) is 9.71. The molecular weight excluding hydrogens is 247 g/mol. The first-order chi connectivity index (χ1) is 7.91. The molecule has 0 aliphatic heterocycles. The van der Waals surface area contributed by atoms with Crippen molar-refractivity contribution in [3.8, 4) is 0 Å². The van der Waals surface area contributed by atoms with Crippen LogP contribution in [0.3, 0.4) is 0 Å². The Hall–Kier alpha value is 0.0300. The number of unbranched alkanes of at least 4 members (excludes halogenated alkanes) is 1. The molecule has 0 spiro atoms. The van der Waals surface area contributed by atoms with E-state index in [1.54, 1.807) is 13.8 Å². The highest BCUT2D eigenvalue weighted by Gasteiger charge is 2.27. The molecule has 0 heterocycles. The first-order valence-electron chi connectivity index (χ1n) is 5.84. The molecule has 7 heteroatoms. The molecule has 0 saturated heterocycles. The summed E-state index contributed by atoms with van der Waals surface area (Å²) < 4.78 is 31.2. The first-order valence-corrected chi connectivity index (χ1v) is 7.33. The van der Waals surface area contributed by atoms with E-state index < -0.39 is 20.4 Å². The summed E-state index contributed by atoms with van der Waals surface area (Å²) in [6.45, 7) is 7.74. The maximum Gasteiger partial charge on any atom is 0.476 e. The van der Waals surface area contributed by atoms with Crippen molar-refractivity contribution in [2.45, 2.75) is 53.1 Å². The summed E-state index contributed by atoms with van der Waals surface area (Å²) in [5.41, 5.74) is 0. The summed E-state index contributed by atoms with van der Waals surface area (Å²) in [4.78, 5) is 9.39. The van der Waals surface area contributed by atoms with Crippen molar-refractivity contribution in [2.24, 2.45) is 0 Å². The van der Waals surface area contributed by atoms with Gasteiger partial charge in [0.2, 0.25) is 0 Å². The monoisotopic (exact) mass is 270 g/mol. The molecule has 0 fully saturated rings. The van der Waals surface area contributed by atoms with E-state index in [1.165, 1.54) is 6.92 Å². The molecule has 3 atom stereocenters. The van der Waals surface area contributed by atoms with Crippen molar-refractivity contribution in [2.75, 3.05) is 13.2 Å². The van der Waals surface area contributed by atoms with Crippen molar-refractivity contribution in [1.82, 2.24) is 0 Å². The van der Waals surface area contributed by atoms with Gasteiger partial charge < -0.3 is 14.4 Å². The summed E-state index contributed by atoms with van der Waals surface area (Å²) in [6, 6.07) is 0. The van der Waals surface area contributed by atoms with Gasteiger partial charge >= 0.3 is 7.82 Å². The Labute approximate surface area is 103 Å². The van der Waals surface area contributed by atoms with Crippen LogP contribution in [0, 0.1) is 0 Å². The molecule has 0 radical (unpaired) electrons. The van der Waals surface area contributed by atoms with E-state index in [0.29, 0.717) is 13.2 Å². The second kappa shape index (κ2) is 9.03. The Kier molecular flexibility index (Phi) is 9.04. The van der Waals surface area contributed by atoms with Gasteiger partial charge in [0.25, 0.3) is 0 Å². The van der Waals surface area contributed by atoms with Crippen LogP contribution in [0.4, 0.5) is 0 Å². The number of ether oxygens (including phenoxy) is 2. The maximum absolute atomic E-state index is 11.5. The van der Waals surface area contributed by atoms with Crippen molar-refractivity contribution < 1.29 is 28.0 Å². The number of hydrogen-bond acceptors (Lipinski definition) is 5. The highest BCUT2D eigenvalue weighted by Crippen LogP contribution is 2.46. The predicted molar refractivity (Wildman–Crippen MR) is 63.4 cm³/mol. The highest BCUT2D eigenvalue weighted by molar-refractivity contribution is 7.47. The van der Waals surface area contributed by atoms with Gasteiger partial charge in [0.05, 0.1) is 0 Å². The van der Waals surface area contributed by atoms with Gasteiger partial charge in [-0.1, -0.05) is 13.3 Å². The van der Waals surface area contributed by atoms with Gasteiger partial charge in [0.15, 0.2) is 12.6 Å². The van der Waals surface area contributed by atoms with E-state index in [9.17, 15) is 9.46 Å². The van der Waals surface area contributed by atoms with E-state index in [0.717, 1.165) is 12.8 Å². The standard InChI is InChI=1S/C10H23O6P/c1-5-7-8-14-10(4)16-17(11,12)15-9(3)13-6-2/h9-10H,5-8H2,1-4H3,(H,11,12). The fourth-order valence-electron chi connectivity index (χ4n) is 1.09. The summed E-state index contributed by atoms with van der Waals surface area (Å²) in [6.07, 6.45) is 0.283. The van der Waals surface area contributed by atoms with E-state index >= 15 is 0 Å². The minimum atomic E-state index is -4.13. The Bertz CT molecular complexity index is 235. The van der Waals surface area contributed by atoms with E-state index in [4.69, 9.17) is 18.5 Å². The van der Waals surface area contributed by atoms with Crippen molar-refractivity contribution in [1.29, 1.82) is 0 Å². The SMILES string of the molecule is CCCCOC(C)OP(=O)(O)OC(C)OCC. The van der Waals surface area contributed by atoms with Crippen LogP contribution < -0.4 is 0 Å². The zero-order chi connectivity index (χ0) is 13.3. The van der Waals surface area contributed by atoms with Crippen LogP contribution in [0.5, 0.6) is 0 Å². The molecule has 1 N–H and O–H groups in total. The van der Waals surface area contributed by atoms with Gasteiger partial charge in [-0.3, -0.25) is 9.05 Å². The number of phosphoric ester groups is 1. The van der Waals surface area contributed by atoms with Crippen LogP contribution in [0.25, 0.3) is 0 Å². The third-order valence-corrected chi connectivity index (χ3v) is 2.94. The highest BCUT2D eigenvalue weighted by atomic mass is 31.2. The molecule has 3 unspecified atom stereocenters. The van der Waals surface area contributed by atoms with Crippen molar-refractivity contribution >= 4 is 7.82 Å². The van der Waals surface area contributed by atoms with Crippen molar-refractivity contribution in [3.05, 3.63) is 0 Å². The van der Waals surface area contributed by atoms with E-state index in [-0.39, 0.29) is 0 Å². The van der Waals surface area contributed by atoms with Gasteiger partial charge in [-0.25, -0.2) is 4.57 Å². The molecule has 0 aromatic carbocycles. The molecule has 17 heavy (non-hydrogen) atoms. The summed E-state index contributed by atoms with van der Waals surface area (Å²) in [5, 5.41) is 0.